The Bertz CT molecular complexity index is 1350. The van der Waals surface area contributed by atoms with Crippen LogP contribution >= 0.6 is 0 Å². The van der Waals surface area contributed by atoms with Crippen LogP contribution in [0.15, 0.2) is 109 Å². The topological polar surface area (TPSA) is 29.5 Å². The van der Waals surface area contributed by atoms with Gasteiger partial charge in [-0.05, 0) is 66.0 Å². The zero-order valence-electron chi connectivity index (χ0n) is 19.7. The Morgan fingerprint density at radius 2 is 1.51 bits per heavy atom. The average Bonchev–Trinajstić information content (AvgIpc) is 3.55. The predicted molar refractivity (Wildman–Crippen MR) is 142 cm³/mol. The van der Waals surface area contributed by atoms with Gasteiger partial charge in [-0.25, -0.2) is 0 Å². The van der Waals surface area contributed by atoms with Crippen molar-refractivity contribution in [3.05, 3.63) is 115 Å². The van der Waals surface area contributed by atoms with Crippen LogP contribution in [0.1, 0.15) is 18.4 Å². The first-order chi connectivity index (χ1) is 17.3. The summed E-state index contributed by atoms with van der Waals surface area (Å²) in [5.74, 6) is 1.02. The fourth-order valence-electron chi connectivity index (χ4n) is 5.65. The lowest BCUT2D eigenvalue weighted by Crippen LogP contribution is -2.22. The lowest BCUT2D eigenvalue weighted by atomic mass is 9.94. The Labute approximate surface area is 206 Å². The maximum absolute atomic E-state index is 12.5. The van der Waals surface area contributed by atoms with Crippen molar-refractivity contribution in [2.75, 3.05) is 11.5 Å². The number of carbonyl (C=O) groups is 1. The van der Waals surface area contributed by atoms with Gasteiger partial charge in [0.15, 0.2) is 0 Å². The number of esters is 1. The molecule has 3 atom stereocenters. The summed E-state index contributed by atoms with van der Waals surface area (Å²) >= 11 is 0. The molecule has 1 saturated carbocycles. The number of anilines is 3. The molecule has 0 aliphatic heterocycles. The summed E-state index contributed by atoms with van der Waals surface area (Å²) in [6, 6.07) is 34.0. The maximum atomic E-state index is 12.5. The highest BCUT2D eigenvalue weighted by atomic mass is 16.5. The van der Waals surface area contributed by atoms with E-state index in [1.54, 1.807) is 0 Å². The molecule has 35 heavy (non-hydrogen) atoms. The Kier molecular flexibility index (Phi) is 5.83. The Morgan fingerprint density at radius 1 is 0.771 bits per heavy atom. The SMILES string of the molecule is O=C(OCCc1ccc(N(c2ccccc2)c2cccc3ccccc23)cc1)C1C[C@H]2C=C[C@@H]1C2. The normalized spacial score (nSPS) is 20.3. The van der Waals surface area contributed by atoms with Crippen LogP contribution in [-0.2, 0) is 16.0 Å². The van der Waals surface area contributed by atoms with Crippen molar-refractivity contribution >= 4 is 33.8 Å². The van der Waals surface area contributed by atoms with Crippen LogP contribution in [0.2, 0.25) is 0 Å². The molecule has 2 aliphatic carbocycles. The summed E-state index contributed by atoms with van der Waals surface area (Å²) in [5, 5.41) is 2.43. The standard InChI is InChI=1S/C32H29NO2/c34-32(30-22-24-13-16-26(30)21-24)35-20-19-23-14-17-28(18-15-23)33(27-9-2-1-3-10-27)31-12-6-8-25-7-4-5-11-29(25)31/h1-18,24,26,30H,19-22H2/t24-,26+,30?/m0/s1. The average molecular weight is 460 g/mol. The van der Waals surface area contributed by atoms with Crippen molar-refractivity contribution in [3.8, 4) is 0 Å². The van der Waals surface area contributed by atoms with Crippen LogP contribution in [0.5, 0.6) is 0 Å². The van der Waals surface area contributed by atoms with Gasteiger partial charge in [-0.2, -0.15) is 0 Å². The minimum Gasteiger partial charge on any atom is -0.465 e. The van der Waals surface area contributed by atoms with Crippen molar-refractivity contribution in [3.63, 3.8) is 0 Å². The molecule has 0 aromatic heterocycles. The van der Waals surface area contributed by atoms with E-state index in [0.717, 1.165) is 36.3 Å². The van der Waals surface area contributed by atoms with Crippen LogP contribution in [0.25, 0.3) is 10.8 Å². The summed E-state index contributed by atoms with van der Waals surface area (Å²) in [6.07, 6.45) is 7.26. The van der Waals surface area contributed by atoms with Crippen molar-refractivity contribution in [1.29, 1.82) is 0 Å². The smallest absolute Gasteiger partial charge is 0.309 e. The zero-order valence-corrected chi connectivity index (χ0v) is 19.7. The second-order valence-electron chi connectivity index (χ2n) is 9.64. The number of hydrogen-bond acceptors (Lipinski definition) is 3. The summed E-state index contributed by atoms with van der Waals surface area (Å²) in [4.78, 5) is 14.8. The molecule has 3 heteroatoms. The minimum absolute atomic E-state index is 0.0234. The number of ether oxygens (including phenoxy) is 1. The van der Waals surface area contributed by atoms with Crippen molar-refractivity contribution < 1.29 is 9.53 Å². The highest BCUT2D eigenvalue weighted by Crippen LogP contribution is 2.44. The van der Waals surface area contributed by atoms with Gasteiger partial charge in [0.1, 0.15) is 0 Å². The van der Waals surface area contributed by atoms with Gasteiger partial charge in [-0.1, -0.05) is 78.9 Å². The third-order valence-corrected chi connectivity index (χ3v) is 7.43. The first kappa shape index (κ1) is 21.7. The molecule has 1 unspecified atom stereocenters. The number of benzene rings is 4. The van der Waals surface area contributed by atoms with Crippen LogP contribution in [0, 0.1) is 17.8 Å². The van der Waals surface area contributed by atoms with Gasteiger partial charge in [-0.15, -0.1) is 0 Å². The van der Waals surface area contributed by atoms with Crippen molar-refractivity contribution in [2.24, 2.45) is 17.8 Å². The molecule has 4 aromatic rings. The van der Waals surface area contributed by atoms with E-state index in [2.05, 4.69) is 108 Å². The van der Waals surface area contributed by atoms with Gasteiger partial charge < -0.3 is 9.64 Å². The van der Waals surface area contributed by atoms with Gasteiger partial charge in [0, 0.05) is 23.2 Å². The molecule has 0 radical (unpaired) electrons. The number of carbonyl (C=O) groups excluding carboxylic acids is 1. The fourth-order valence-corrected chi connectivity index (χ4v) is 5.65. The van der Waals surface area contributed by atoms with Crippen molar-refractivity contribution in [2.45, 2.75) is 19.3 Å². The molecule has 3 nitrogen and oxygen atoms in total. The molecule has 0 heterocycles. The number of rotatable bonds is 7. The molecule has 0 amide bonds. The van der Waals surface area contributed by atoms with Gasteiger partial charge in [0.25, 0.3) is 0 Å². The number of allylic oxidation sites excluding steroid dienone is 2. The molecule has 4 aromatic carbocycles. The highest BCUT2D eigenvalue weighted by Gasteiger charge is 2.40. The second kappa shape index (κ2) is 9.42. The quantitative estimate of drug-likeness (QED) is 0.210. The fraction of sp³-hybridized carbons (Fsp3) is 0.219. The lowest BCUT2D eigenvalue weighted by molar-refractivity contribution is -0.149. The summed E-state index contributed by atoms with van der Waals surface area (Å²) in [5.41, 5.74) is 4.53. The Balaban J connectivity index is 1.20. The molecule has 6 rings (SSSR count). The summed E-state index contributed by atoms with van der Waals surface area (Å²) in [7, 11) is 0. The third kappa shape index (κ3) is 4.35. The van der Waals surface area contributed by atoms with Crippen molar-refractivity contribution in [1.82, 2.24) is 0 Å². The summed E-state index contributed by atoms with van der Waals surface area (Å²) in [6.45, 7) is 0.432. The molecule has 0 saturated heterocycles. The monoisotopic (exact) mass is 459 g/mol. The molecule has 2 bridgehead atoms. The molecule has 0 spiro atoms. The van der Waals surface area contributed by atoms with Gasteiger partial charge in [0.2, 0.25) is 0 Å². The van der Waals surface area contributed by atoms with E-state index >= 15 is 0 Å². The molecular weight excluding hydrogens is 430 g/mol. The van der Waals surface area contributed by atoms with E-state index in [-0.39, 0.29) is 11.9 Å². The first-order valence-electron chi connectivity index (χ1n) is 12.5. The largest absolute Gasteiger partial charge is 0.465 e. The van der Waals surface area contributed by atoms with E-state index in [1.165, 1.54) is 16.3 Å². The lowest BCUT2D eigenvalue weighted by Gasteiger charge is -2.27. The number of nitrogens with zero attached hydrogens (tertiary/aromatic N) is 1. The molecular formula is C32H29NO2. The number of para-hydroxylation sites is 1. The number of fused-ring (bicyclic) bond motifs is 3. The maximum Gasteiger partial charge on any atom is 0.309 e. The molecule has 174 valence electrons. The Morgan fingerprint density at radius 3 is 2.29 bits per heavy atom. The van der Waals surface area contributed by atoms with Gasteiger partial charge in [-0.3, -0.25) is 4.79 Å². The minimum atomic E-state index is -0.0234. The van der Waals surface area contributed by atoms with E-state index in [4.69, 9.17) is 4.74 Å². The third-order valence-electron chi connectivity index (χ3n) is 7.43. The Hall–Kier alpha value is -3.85. The van der Waals surface area contributed by atoms with Gasteiger partial charge >= 0.3 is 5.97 Å². The highest BCUT2D eigenvalue weighted by molar-refractivity contribution is 5.98. The van der Waals surface area contributed by atoms with E-state index in [1.807, 2.05) is 6.07 Å². The summed E-state index contributed by atoms with van der Waals surface area (Å²) < 4.78 is 5.66. The van der Waals surface area contributed by atoms with Crippen LogP contribution in [0.3, 0.4) is 0 Å². The zero-order chi connectivity index (χ0) is 23.6. The van der Waals surface area contributed by atoms with Crippen LogP contribution < -0.4 is 4.90 Å². The van der Waals surface area contributed by atoms with Gasteiger partial charge in [0.05, 0.1) is 18.2 Å². The second-order valence-corrected chi connectivity index (χ2v) is 9.64. The predicted octanol–water partition coefficient (Wildman–Crippen LogP) is 7.61. The van der Waals surface area contributed by atoms with E-state index in [9.17, 15) is 4.79 Å². The van der Waals surface area contributed by atoms with Crippen LogP contribution in [0.4, 0.5) is 17.1 Å². The first-order valence-corrected chi connectivity index (χ1v) is 12.5. The molecule has 1 fully saturated rings. The van der Waals surface area contributed by atoms with E-state index in [0.29, 0.717) is 18.4 Å². The molecule has 2 aliphatic rings. The molecule has 0 N–H and O–H groups in total. The van der Waals surface area contributed by atoms with E-state index < -0.39 is 0 Å². The number of hydrogen-bond donors (Lipinski definition) is 0. The van der Waals surface area contributed by atoms with Crippen LogP contribution in [-0.4, -0.2) is 12.6 Å².